The molecule has 0 bridgehead atoms. The number of methoxy groups -OCH3 is 1. The Morgan fingerprint density at radius 1 is 1.08 bits per heavy atom. The molecule has 7 heteroatoms. The lowest BCUT2D eigenvalue weighted by atomic mass is 9.81. The molecule has 1 aliphatic heterocycles. The second-order valence-electron chi connectivity index (χ2n) is 9.71. The first-order chi connectivity index (χ1) is 18.0. The second-order valence-corrected chi connectivity index (χ2v) is 10.7. The van der Waals surface area contributed by atoms with Crippen molar-refractivity contribution in [1.82, 2.24) is 15.1 Å². The lowest BCUT2D eigenvalue weighted by Crippen LogP contribution is -2.48. The molecule has 0 saturated heterocycles. The molecule has 0 saturated carbocycles. The van der Waals surface area contributed by atoms with E-state index in [1.807, 2.05) is 52.7 Å². The largest absolute Gasteiger partial charge is 0.383 e. The Morgan fingerprint density at radius 3 is 2.54 bits per heavy atom. The molecule has 1 aliphatic rings. The van der Waals surface area contributed by atoms with E-state index in [0.717, 1.165) is 30.0 Å². The summed E-state index contributed by atoms with van der Waals surface area (Å²) in [6.07, 6.45) is 0.848. The van der Waals surface area contributed by atoms with Crippen molar-refractivity contribution in [3.05, 3.63) is 93.7 Å². The lowest BCUT2D eigenvalue weighted by Gasteiger charge is -2.41. The summed E-state index contributed by atoms with van der Waals surface area (Å²) in [6.45, 7) is 7.61. The molecule has 2 heterocycles. The number of rotatable bonds is 12. The van der Waals surface area contributed by atoms with E-state index in [-0.39, 0.29) is 17.9 Å². The van der Waals surface area contributed by atoms with Crippen molar-refractivity contribution < 1.29 is 14.3 Å². The molecule has 1 N–H and O–H groups in total. The number of ether oxygens (including phenoxy) is 1. The topological polar surface area (TPSA) is 61.9 Å². The van der Waals surface area contributed by atoms with Crippen LogP contribution in [0.5, 0.6) is 0 Å². The zero-order valence-corrected chi connectivity index (χ0v) is 22.7. The monoisotopic (exact) mass is 519 g/mol. The van der Waals surface area contributed by atoms with E-state index in [2.05, 4.69) is 48.3 Å². The number of thiophene rings is 1. The van der Waals surface area contributed by atoms with Crippen molar-refractivity contribution in [3.8, 4) is 0 Å². The Balaban J connectivity index is 1.49. The van der Waals surface area contributed by atoms with Gasteiger partial charge >= 0.3 is 0 Å². The van der Waals surface area contributed by atoms with Crippen LogP contribution >= 0.6 is 11.3 Å². The van der Waals surface area contributed by atoms with Crippen LogP contribution < -0.4 is 5.32 Å². The first-order valence-corrected chi connectivity index (χ1v) is 13.9. The normalized spacial score (nSPS) is 17.3. The number of hydrogen-bond acceptors (Lipinski definition) is 5. The number of nitrogens with zero attached hydrogens (tertiary/aromatic N) is 2. The van der Waals surface area contributed by atoms with Crippen LogP contribution in [0, 0.1) is 0 Å². The summed E-state index contributed by atoms with van der Waals surface area (Å²) in [6, 6.07) is 22.0. The number of benzene rings is 2. The fourth-order valence-corrected chi connectivity index (χ4v) is 5.90. The van der Waals surface area contributed by atoms with Gasteiger partial charge in [-0.25, -0.2) is 0 Å². The van der Waals surface area contributed by atoms with Crippen LogP contribution in [-0.2, 0) is 16.1 Å². The minimum atomic E-state index is -0.477. The smallest absolute Gasteiger partial charge is 0.254 e. The highest BCUT2D eigenvalue weighted by Gasteiger charge is 2.44. The summed E-state index contributed by atoms with van der Waals surface area (Å²) in [5, 5.41) is 5.20. The summed E-state index contributed by atoms with van der Waals surface area (Å²) in [5.41, 5.74) is 2.68. The number of fused-ring (bicyclic) bond motifs is 1. The van der Waals surface area contributed by atoms with E-state index in [1.54, 1.807) is 18.4 Å². The van der Waals surface area contributed by atoms with Gasteiger partial charge in [0.15, 0.2) is 0 Å². The fraction of sp³-hybridized carbons (Fsp3) is 0.400. The van der Waals surface area contributed by atoms with Gasteiger partial charge in [0.1, 0.15) is 0 Å². The standard InChI is InChI=1S/C30H37N3O3S/c1-22(2)32(21-23-11-5-4-6-12-23)17-10-16-31-29(34)27-24-13-7-8-14-25(24)30(35)33(18-19-36-3)28(27)26-15-9-20-37-26/h4-9,11-15,20,22,27-28H,10,16-19,21H2,1-3H3,(H,31,34)/t27-,28+/m1/s1. The number of hydrogen-bond donors (Lipinski definition) is 1. The highest BCUT2D eigenvalue weighted by atomic mass is 32.1. The van der Waals surface area contributed by atoms with Gasteiger partial charge in [0, 0.05) is 49.8 Å². The SMILES string of the molecule is COCCN1C(=O)c2ccccc2[C@@H](C(=O)NCCCN(Cc2ccccc2)C(C)C)[C@@H]1c1cccs1. The maximum absolute atomic E-state index is 13.8. The first kappa shape index (κ1) is 27.0. The number of amides is 2. The van der Waals surface area contributed by atoms with Gasteiger partial charge in [-0.15, -0.1) is 11.3 Å². The zero-order valence-electron chi connectivity index (χ0n) is 21.9. The molecule has 0 spiro atoms. The molecule has 2 atom stereocenters. The minimum absolute atomic E-state index is 0.0417. The molecule has 4 rings (SSSR count). The third-order valence-corrected chi connectivity index (χ3v) is 7.92. The van der Waals surface area contributed by atoms with Crippen LogP contribution in [0.15, 0.2) is 72.1 Å². The Labute approximate surface area is 224 Å². The van der Waals surface area contributed by atoms with Crippen molar-refractivity contribution in [1.29, 1.82) is 0 Å². The molecule has 37 heavy (non-hydrogen) atoms. The van der Waals surface area contributed by atoms with Crippen molar-refractivity contribution in [2.45, 2.75) is 44.8 Å². The average Bonchev–Trinajstić information content (AvgIpc) is 3.45. The molecule has 1 aromatic heterocycles. The number of nitrogens with one attached hydrogen (secondary N) is 1. The molecule has 2 amide bonds. The Morgan fingerprint density at radius 2 is 1.84 bits per heavy atom. The molecule has 3 aromatic rings. The van der Waals surface area contributed by atoms with E-state index in [0.29, 0.717) is 31.3 Å². The maximum atomic E-state index is 13.8. The second kappa shape index (κ2) is 13.0. The van der Waals surface area contributed by atoms with Gasteiger partial charge in [-0.1, -0.05) is 54.6 Å². The summed E-state index contributed by atoms with van der Waals surface area (Å²) in [4.78, 5) is 32.5. The van der Waals surface area contributed by atoms with Gasteiger partial charge in [0.05, 0.1) is 18.6 Å². The molecule has 0 fully saturated rings. The summed E-state index contributed by atoms with van der Waals surface area (Å²) >= 11 is 1.58. The summed E-state index contributed by atoms with van der Waals surface area (Å²) < 4.78 is 5.31. The van der Waals surface area contributed by atoms with Gasteiger partial charge in [-0.05, 0) is 48.9 Å². The minimum Gasteiger partial charge on any atom is -0.383 e. The van der Waals surface area contributed by atoms with Crippen molar-refractivity contribution in [2.75, 3.05) is 33.4 Å². The lowest BCUT2D eigenvalue weighted by molar-refractivity contribution is -0.124. The summed E-state index contributed by atoms with van der Waals surface area (Å²) in [7, 11) is 1.63. The highest BCUT2D eigenvalue weighted by Crippen LogP contribution is 2.44. The predicted molar refractivity (Wildman–Crippen MR) is 149 cm³/mol. The van der Waals surface area contributed by atoms with Crippen LogP contribution in [0.2, 0.25) is 0 Å². The molecule has 6 nitrogen and oxygen atoms in total. The quantitative estimate of drug-likeness (QED) is 0.339. The van der Waals surface area contributed by atoms with E-state index in [9.17, 15) is 9.59 Å². The van der Waals surface area contributed by atoms with E-state index in [4.69, 9.17) is 4.74 Å². The van der Waals surface area contributed by atoms with E-state index < -0.39 is 5.92 Å². The molecule has 196 valence electrons. The molecule has 0 radical (unpaired) electrons. The van der Waals surface area contributed by atoms with Crippen molar-refractivity contribution in [3.63, 3.8) is 0 Å². The van der Waals surface area contributed by atoms with E-state index >= 15 is 0 Å². The van der Waals surface area contributed by atoms with Gasteiger partial charge < -0.3 is 15.0 Å². The van der Waals surface area contributed by atoms with Gasteiger partial charge in [0.25, 0.3) is 5.91 Å². The van der Waals surface area contributed by atoms with Crippen LogP contribution in [0.1, 0.15) is 58.6 Å². The highest BCUT2D eigenvalue weighted by molar-refractivity contribution is 7.10. The zero-order chi connectivity index (χ0) is 26.2. The molecular weight excluding hydrogens is 482 g/mol. The summed E-state index contributed by atoms with van der Waals surface area (Å²) in [5.74, 6) is -0.571. The van der Waals surface area contributed by atoms with Gasteiger partial charge in [0.2, 0.25) is 5.91 Å². The van der Waals surface area contributed by atoms with Crippen molar-refractivity contribution >= 4 is 23.2 Å². The van der Waals surface area contributed by atoms with Crippen LogP contribution in [0.4, 0.5) is 0 Å². The molecular formula is C30H37N3O3S. The predicted octanol–water partition coefficient (Wildman–Crippen LogP) is 5.09. The molecule has 0 unspecified atom stereocenters. The Hall–Kier alpha value is -3.00. The van der Waals surface area contributed by atoms with Crippen LogP contribution in [0.3, 0.4) is 0 Å². The Kier molecular flexibility index (Phi) is 9.50. The van der Waals surface area contributed by atoms with Crippen molar-refractivity contribution in [2.24, 2.45) is 0 Å². The fourth-order valence-electron chi connectivity index (χ4n) is 5.03. The maximum Gasteiger partial charge on any atom is 0.254 e. The first-order valence-electron chi connectivity index (χ1n) is 13.0. The van der Waals surface area contributed by atoms with Gasteiger partial charge in [-0.3, -0.25) is 14.5 Å². The van der Waals surface area contributed by atoms with E-state index in [1.165, 1.54) is 5.56 Å². The van der Waals surface area contributed by atoms with Crippen LogP contribution in [-0.4, -0.2) is 61.0 Å². The number of carbonyl (C=O) groups is 2. The molecule has 2 aromatic carbocycles. The number of carbonyl (C=O) groups excluding carboxylic acids is 2. The molecule has 0 aliphatic carbocycles. The average molecular weight is 520 g/mol. The van der Waals surface area contributed by atoms with Crippen LogP contribution in [0.25, 0.3) is 0 Å². The Bertz CT molecular complexity index is 1150. The third kappa shape index (κ3) is 6.47. The third-order valence-electron chi connectivity index (χ3n) is 6.97. The van der Waals surface area contributed by atoms with Gasteiger partial charge in [-0.2, -0.15) is 0 Å².